The van der Waals surface area contributed by atoms with E-state index in [1.54, 1.807) is 12.1 Å². The van der Waals surface area contributed by atoms with Gasteiger partial charge in [-0.1, -0.05) is 35.9 Å². The SMILES string of the molecule is CN(C)c1cccc2c(S(=O)(=O)N3CCOCCOCCN(c4ccc(Cl)cc4)CCOCCOCC3)cccc12. The molecule has 41 heavy (non-hydrogen) atoms. The highest BCUT2D eigenvalue weighted by atomic mass is 35.5. The third kappa shape index (κ3) is 8.78. The van der Waals surface area contributed by atoms with Gasteiger partial charge in [-0.3, -0.25) is 0 Å². The summed E-state index contributed by atoms with van der Waals surface area (Å²) in [5.41, 5.74) is 2.01. The molecular weight excluding hydrogens is 566 g/mol. The average molecular weight is 606 g/mol. The minimum absolute atomic E-state index is 0.205. The highest BCUT2D eigenvalue weighted by Gasteiger charge is 2.26. The number of hydrogen-bond donors (Lipinski definition) is 0. The fraction of sp³-hybridized carbons (Fsp3) is 0.467. The Kier molecular flexibility index (Phi) is 12.1. The van der Waals surface area contributed by atoms with Crippen molar-refractivity contribution in [2.45, 2.75) is 4.90 Å². The zero-order valence-electron chi connectivity index (χ0n) is 23.8. The molecule has 0 amide bonds. The molecule has 0 unspecified atom stereocenters. The second-order valence-corrected chi connectivity index (χ2v) is 12.2. The minimum Gasteiger partial charge on any atom is -0.378 e. The van der Waals surface area contributed by atoms with Crippen molar-refractivity contribution in [3.05, 3.63) is 65.7 Å². The Labute approximate surface area is 248 Å². The highest BCUT2D eigenvalue weighted by Crippen LogP contribution is 2.31. The van der Waals surface area contributed by atoms with Gasteiger partial charge in [0.05, 0.1) is 57.8 Å². The lowest BCUT2D eigenvalue weighted by molar-refractivity contribution is 0.0328. The summed E-state index contributed by atoms with van der Waals surface area (Å²) in [5, 5.41) is 2.27. The first-order chi connectivity index (χ1) is 19.9. The molecule has 1 fully saturated rings. The van der Waals surface area contributed by atoms with Gasteiger partial charge in [-0.15, -0.1) is 0 Å². The maximum absolute atomic E-state index is 13.9. The number of hydrogen-bond acceptors (Lipinski definition) is 8. The van der Waals surface area contributed by atoms with Crippen molar-refractivity contribution in [3.63, 3.8) is 0 Å². The molecule has 0 atom stereocenters. The predicted molar refractivity (Wildman–Crippen MR) is 164 cm³/mol. The zero-order valence-corrected chi connectivity index (χ0v) is 25.4. The van der Waals surface area contributed by atoms with Crippen LogP contribution in [0.4, 0.5) is 11.4 Å². The molecule has 0 bridgehead atoms. The van der Waals surface area contributed by atoms with Crippen LogP contribution in [0.15, 0.2) is 65.6 Å². The molecule has 1 heterocycles. The Morgan fingerprint density at radius 2 is 1.17 bits per heavy atom. The summed E-state index contributed by atoms with van der Waals surface area (Å²) in [6.07, 6.45) is 0. The second kappa shape index (κ2) is 15.7. The third-order valence-electron chi connectivity index (χ3n) is 6.88. The van der Waals surface area contributed by atoms with Crippen LogP contribution in [0.2, 0.25) is 5.02 Å². The van der Waals surface area contributed by atoms with Crippen molar-refractivity contribution < 1.29 is 27.4 Å². The normalized spacial score (nSPS) is 18.1. The molecule has 9 nitrogen and oxygen atoms in total. The number of ether oxygens (including phenoxy) is 4. The summed E-state index contributed by atoms with van der Waals surface area (Å²) >= 11 is 6.05. The fourth-order valence-corrected chi connectivity index (χ4v) is 6.46. The molecule has 3 aromatic carbocycles. The molecular formula is C30H40ClN3O6S. The van der Waals surface area contributed by atoms with E-state index in [0.717, 1.165) is 16.8 Å². The molecule has 0 N–H and O–H groups in total. The largest absolute Gasteiger partial charge is 0.378 e. The molecule has 11 heteroatoms. The summed E-state index contributed by atoms with van der Waals surface area (Å²) < 4.78 is 52.4. The van der Waals surface area contributed by atoms with E-state index in [2.05, 4.69) is 4.90 Å². The van der Waals surface area contributed by atoms with E-state index < -0.39 is 10.0 Å². The molecule has 224 valence electrons. The van der Waals surface area contributed by atoms with Gasteiger partial charge in [0.15, 0.2) is 0 Å². The number of fused-ring (bicyclic) bond motifs is 1. The number of sulfonamides is 1. The molecule has 3 aromatic rings. The van der Waals surface area contributed by atoms with Crippen LogP contribution >= 0.6 is 11.6 Å². The van der Waals surface area contributed by atoms with Gasteiger partial charge in [-0.2, -0.15) is 4.31 Å². The molecule has 0 aliphatic carbocycles. The van der Waals surface area contributed by atoms with E-state index >= 15 is 0 Å². The van der Waals surface area contributed by atoms with Crippen LogP contribution in [-0.2, 0) is 29.0 Å². The van der Waals surface area contributed by atoms with Crippen LogP contribution in [0.5, 0.6) is 0 Å². The maximum atomic E-state index is 13.9. The molecule has 0 aromatic heterocycles. The van der Waals surface area contributed by atoms with Crippen LogP contribution in [-0.4, -0.2) is 106 Å². The van der Waals surface area contributed by atoms with Gasteiger partial charge >= 0.3 is 0 Å². The first kappa shape index (κ1) is 31.5. The van der Waals surface area contributed by atoms with Crippen LogP contribution in [0.1, 0.15) is 0 Å². The van der Waals surface area contributed by atoms with Crippen molar-refractivity contribution in [2.24, 2.45) is 0 Å². The van der Waals surface area contributed by atoms with Crippen LogP contribution in [0.25, 0.3) is 10.8 Å². The molecule has 4 rings (SSSR count). The van der Waals surface area contributed by atoms with Crippen molar-refractivity contribution in [1.82, 2.24) is 4.31 Å². The van der Waals surface area contributed by atoms with Gasteiger partial charge < -0.3 is 28.7 Å². The predicted octanol–water partition coefficient (Wildman–Crippen LogP) is 4.14. The molecule has 0 radical (unpaired) electrons. The third-order valence-corrected chi connectivity index (χ3v) is 9.08. The fourth-order valence-electron chi connectivity index (χ4n) is 4.72. The Balaban J connectivity index is 1.41. The van der Waals surface area contributed by atoms with Gasteiger partial charge in [0.2, 0.25) is 10.0 Å². The van der Waals surface area contributed by atoms with Crippen molar-refractivity contribution in [3.8, 4) is 0 Å². The Morgan fingerprint density at radius 3 is 1.73 bits per heavy atom. The van der Waals surface area contributed by atoms with Gasteiger partial charge in [0, 0.05) is 67.4 Å². The number of rotatable bonds is 4. The zero-order chi connectivity index (χ0) is 29.1. The Morgan fingerprint density at radius 1 is 0.659 bits per heavy atom. The van der Waals surface area contributed by atoms with Crippen molar-refractivity contribution in [2.75, 3.05) is 103 Å². The van der Waals surface area contributed by atoms with Gasteiger partial charge in [-0.05, 0) is 36.4 Å². The van der Waals surface area contributed by atoms with Gasteiger partial charge in [0.25, 0.3) is 0 Å². The summed E-state index contributed by atoms with van der Waals surface area (Å²) in [7, 11) is 0.0779. The lowest BCUT2D eigenvalue weighted by Crippen LogP contribution is -2.37. The second-order valence-electron chi connectivity index (χ2n) is 9.84. The summed E-state index contributed by atoms with van der Waals surface area (Å²) in [6, 6.07) is 18.8. The quantitative estimate of drug-likeness (QED) is 0.439. The number of anilines is 2. The Hall–Kier alpha value is -2.44. The summed E-state index contributed by atoms with van der Waals surface area (Å²) in [4.78, 5) is 4.45. The van der Waals surface area contributed by atoms with E-state index in [9.17, 15) is 8.42 Å². The molecule has 0 spiro atoms. The van der Waals surface area contributed by atoms with Gasteiger partial charge in [-0.25, -0.2) is 8.42 Å². The molecule has 0 saturated carbocycles. The molecule has 1 aliphatic heterocycles. The van der Waals surface area contributed by atoms with E-state index in [-0.39, 0.29) is 31.2 Å². The summed E-state index contributed by atoms with van der Waals surface area (Å²) in [5.74, 6) is 0. The van der Waals surface area contributed by atoms with Gasteiger partial charge in [0.1, 0.15) is 0 Å². The number of halogens is 1. The van der Waals surface area contributed by atoms with Crippen LogP contribution < -0.4 is 9.80 Å². The summed E-state index contributed by atoms with van der Waals surface area (Å²) in [6.45, 7) is 4.89. The van der Waals surface area contributed by atoms with E-state index in [0.29, 0.717) is 63.1 Å². The monoisotopic (exact) mass is 605 g/mol. The first-order valence-corrected chi connectivity index (χ1v) is 15.7. The van der Waals surface area contributed by atoms with E-state index in [1.807, 2.05) is 67.5 Å². The molecule has 1 saturated heterocycles. The topological polar surface area (TPSA) is 80.8 Å². The first-order valence-electron chi connectivity index (χ1n) is 13.9. The van der Waals surface area contributed by atoms with Crippen LogP contribution in [0, 0.1) is 0 Å². The lowest BCUT2D eigenvalue weighted by Gasteiger charge is -2.25. The lowest BCUT2D eigenvalue weighted by atomic mass is 10.1. The standard InChI is InChI=1S/C30H40ClN3O6S/c1-32(2)29-7-3-6-28-27(29)5-4-8-30(28)41(35,36)34-15-19-39-23-21-37-17-13-33(26-11-9-25(31)10-12-26)14-18-38-22-24-40-20-16-34/h3-12H,13-24H2,1-2H3. The Bertz CT molecular complexity index is 1320. The minimum atomic E-state index is -3.82. The average Bonchev–Trinajstić information content (AvgIpc) is 2.96. The van der Waals surface area contributed by atoms with Crippen molar-refractivity contribution >= 4 is 43.8 Å². The van der Waals surface area contributed by atoms with Crippen LogP contribution in [0.3, 0.4) is 0 Å². The smallest absolute Gasteiger partial charge is 0.243 e. The van der Waals surface area contributed by atoms with E-state index in [4.69, 9.17) is 30.5 Å². The van der Waals surface area contributed by atoms with Crippen molar-refractivity contribution in [1.29, 1.82) is 0 Å². The number of nitrogens with zero attached hydrogens (tertiary/aromatic N) is 3. The highest BCUT2D eigenvalue weighted by molar-refractivity contribution is 7.89. The maximum Gasteiger partial charge on any atom is 0.243 e. The molecule has 1 aliphatic rings. The van der Waals surface area contributed by atoms with E-state index in [1.165, 1.54) is 4.31 Å². The number of benzene rings is 3.